The molecule has 0 spiro atoms. The fraction of sp³-hybridized carbons (Fsp3) is 0. The van der Waals surface area contributed by atoms with Crippen molar-refractivity contribution in [1.29, 1.82) is 0 Å². The summed E-state index contributed by atoms with van der Waals surface area (Å²) < 4.78 is 39.9. The minimum atomic E-state index is -1.59. The fourth-order valence-electron chi connectivity index (χ4n) is 1.88. The molecule has 2 aromatic carbocycles. The molecule has 0 radical (unpaired) electrons. The minimum Gasteiger partial charge on any atom is -0.339 e. The summed E-state index contributed by atoms with van der Waals surface area (Å²) in [6.45, 7) is 0. The highest BCUT2D eigenvalue weighted by Gasteiger charge is 2.14. The Labute approximate surface area is 149 Å². The summed E-state index contributed by atoms with van der Waals surface area (Å²) in [5.74, 6) is -4.12. The van der Waals surface area contributed by atoms with Crippen LogP contribution >= 0.6 is 23.2 Å². The van der Waals surface area contributed by atoms with E-state index in [4.69, 9.17) is 23.2 Å². The quantitative estimate of drug-likeness (QED) is 0.612. The van der Waals surface area contributed by atoms with E-state index in [1.807, 2.05) is 0 Å². The number of rotatable bonds is 4. The van der Waals surface area contributed by atoms with Crippen LogP contribution in [0.5, 0.6) is 0 Å². The lowest BCUT2D eigenvalue weighted by atomic mass is 10.3. The van der Waals surface area contributed by atoms with Crippen molar-refractivity contribution < 1.29 is 13.2 Å². The smallest absolute Gasteiger partial charge is 0.249 e. The SMILES string of the molecule is Fc1ccc(Nc2nncc(Nc3ccc(Cl)c(Cl)c3)n2)c(F)c1F. The van der Waals surface area contributed by atoms with E-state index in [9.17, 15) is 13.2 Å². The molecule has 0 bridgehead atoms. The van der Waals surface area contributed by atoms with Crippen LogP contribution in [0.25, 0.3) is 0 Å². The van der Waals surface area contributed by atoms with Gasteiger partial charge in [-0.25, -0.2) is 13.2 Å². The first-order valence-electron chi connectivity index (χ1n) is 6.76. The maximum Gasteiger partial charge on any atom is 0.249 e. The van der Waals surface area contributed by atoms with E-state index < -0.39 is 17.5 Å². The van der Waals surface area contributed by atoms with Gasteiger partial charge < -0.3 is 10.6 Å². The van der Waals surface area contributed by atoms with Crippen LogP contribution in [0, 0.1) is 17.5 Å². The summed E-state index contributed by atoms with van der Waals surface area (Å²) in [5, 5.41) is 13.4. The molecular formula is C15H8Cl2F3N5. The highest BCUT2D eigenvalue weighted by Crippen LogP contribution is 2.27. The molecule has 1 aromatic heterocycles. The number of hydrogen-bond acceptors (Lipinski definition) is 5. The third-order valence-corrected chi connectivity index (χ3v) is 3.77. The van der Waals surface area contributed by atoms with Crippen molar-refractivity contribution in [2.24, 2.45) is 0 Å². The molecule has 25 heavy (non-hydrogen) atoms. The molecule has 2 N–H and O–H groups in total. The predicted octanol–water partition coefficient (Wildman–Crippen LogP) is 5.08. The Morgan fingerprint density at radius 3 is 2.44 bits per heavy atom. The van der Waals surface area contributed by atoms with Gasteiger partial charge in [0.2, 0.25) is 5.95 Å². The molecule has 0 saturated heterocycles. The number of nitrogens with zero attached hydrogens (tertiary/aromatic N) is 3. The molecule has 0 aliphatic carbocycles. The molecular weight excluding hydrogens is 378 g/mol. The van der Waals surface area contributed by atoms with Gasteiger partial charge in [-0.15, -0.1) is 5.10 Å². The van der Waals surface area contributed by atoms with E-state index >= 15 is 0 Å². The van der Waals surface area contributed by atoms with Crippen molar-refractivity contribution in [3.8, 4) is 0 Å². The van der Waals surface area contributed by atoms with Crippen LogP contribution in [-0.2, 0) is 0 Å². The third-order valence-electron chi connectivity index (χ3n) is 3.03. The first kappa shape index (κ1) is 17.2. The Hall–Kier alpha value is -2.58. The summed E-state index contributed by atoms with van der Waals surface area (Å²) in [6.07, 6.45) is 1.31. The molecule has 0 aliphatic rings. The zero-order chi connectivity index (χ0) is 18.0. The lowest BCUT2D eigenvalue weighted by molar-refractivity contribution is 0.449. The molecule has 3 rings (SSSR count). The van der Waals surface area contributed by atoms with E-state index in [-0.39, 0.29) is 17.5 Å². The van der Waals surface area contributed by atoms with Crippen molar-refractivity contribution in [3.05, 3.63) is 64.0 Å². The Balaban J connectivity index is 1.82. The number of nitrogens with one attached hydrogen (secondary N) is 2. The van der Waals surface area contributed by atoms with Crippen molar-refractivity contribution in [1.82, 2.24) is 15.2 Å². The normalized spacial score (nSPS) is 10.6. The van der Waals surface area contributed by atoms with Gasteiger partial charge in [0.05, 0.1) is 21.9 Å². The van der Waals surface area contributed by atoms with Crippen molar-refractivity contribution >= 4 is 46.3 Å². The van der Waals surface area contributed by atoms with Gasteiger partial charge in [0.15, 0.2) is 23.3 Å². The Morgan fingerprint density at radius 1 is 0.880 bits per heavy atom. The highest BCUT2D eigenvalue weighted by atomic mass is 35.5. The summed E-state index contributed by atoms with van der Waals surface area (Å²) in [4.78, 5) is 4.05. The number of anilines is 4. The largest absolute Gasteiger partial charge is 0.339 e. The average Bonchev–Trinajstić information content (AvgIpc) is 2.59. The molecule has 0 aliphatic heterocycles. The van der Waals surface area contributed by atoms with E-state index in [0.717, 1.165) is 12.1 Å². The Morgan fingerprint density at radius 2 is 1.68 bits per heavy atom. The third kappa shape index (κ3) is 3.92. The van der Waals surface area contributed by atoms with Crippen LogP contribution in [-0.4, -0.2) is 15.2 Å². The van der Waals surface area contributed by atoms with E-state index in [2.05, 4.69) is 25.8 Å². The molecule has 10 heteroatoms. The van der Waals surface area contributed by atoms with Crippen LogP contribution in [0.15, 0.2) is 36.5 Å². The number of benzene rings is 2. The van der Waals surface area contributed by atoms with Crippen LogP contribution in [0.3, 0.4) is 0 Å². The average molecular weight is 386 g/mol. The second-order valence-electron chi connectivity index (χ2n) is 4.77. The first-order valence-corrected chi connectivity index (χ1v) is 7.52. The number of halogens is 5. The van der Waals surface area contributed by atoms with Gasteiger partial charge in [-0.05, 0) is 30.3 Å². The van der Waals surface area contributed by atoms with Crippen LogP contribution in [0.1, 0.15) is 0 Å². The summed E-state index contributed by atoms with van der Waals surface area (Å²) in [5.41, 5.74) is 0.257. The topological polar surface area (TPSA) is 62.7 Å². The Bertz CT molecular complexity index is 939. The Kier molecular flexibility index (Phi) is 4.91. The maximum absolute atomic E-state index is 13.7. The highest BCUT2D eigenvalue weighted by molar-refractivity contribution is 6.42. The van der Waals surface area contributed by atoms with Crippen molar-refractivity contribution in [2.75, 3.05) is 10.6 Å². The second kappa shape index (κ2) is 7.12. The molecule has 128 valence electrons. The van der Waals surface area contributed by atoms with E-state index in [0.29, 0.717) is 15.7 Å². The molecule has 0 fully saturated rings. The molecule has 5 nitrogen and oxygen atoms in total. The van der Waals surface area contributed by atoms with Crippen molar-refractivity contribution in [2.45, 2.75) is 0 Å². The van der Waals surface area contributed by atoms with Crippen molar-refractivity contribution in [3.63, 3.8) is 0 Å². The zero-order valence-electron chi connectivity index (χ0n) is 12.2. The molecule has 1 heterocycles. The minimum absolute atomic E-state index is 0.116. The lowest BCUT2D eigenvalue weighted by Gasteiger charge is -2.09. The van der Waals surface area contributed by atoms with Gasteiger partial charge in [0.25, 0.3) is 0 Å². The number of hydrogen-bond donors (Lipinski definition) is 2. The molecule has 0 unspecified atom stereocenters. The van der Waals surface area contributed by atoms with Crippen LogP contribution in [0.4, 0.5) is 36.3 Å². The maximum atomic E-state index is 13.7. The zero-order valence-corrected chi connectivity index (χ0v) is 13.7. The standard InChI is InChI=1S/C15H8Cl2F3N5/c16-8-2-1-7(5-9(8)17)22-12-6-21-25-15(24-12)23-11-4-3-10(18)13(19)14(11)20/h1-6H,(H2,22,23,24,25). The predicted molar refractivity (Wildman–Crippen MR) is 89.2 cm³/mol. The van der Waals surface area contributed by atoms with Gasteiger partial charge in [0.1, 0.15) is 0 Å². The monoisotopic (exact) mass is 385 g/mol. The van der Waals surface area contributed by atoms with Crippen LogP contribution < -0.4 is 10.6 Å². The van der Waals surface area contributed by atoms with E-state index in [1.165, 1.54) is 6.20 Å². The van der Waals surface area contributed by atoms with Gasteiger partial charge in [-0.2, -0.15) is 10.1 Å². The summed E-state index contributed by atoms with van der Waals surface area (Å²) in [7, 11) is 0. The molecule has 0 atom stereocenters. The summed E-state index contributed by atoms with van der Waals surface area (Å²) >= 11 is 11.8. The van der Waals surface area contributed by atoms with Crippen LogP contribution in [0.2, 0.25) is 10.0 Å². The van der Waals surface area contributed by atoms with Gasteiger partial charge >= 0.3 is 0 Å². The van der Waals surface area contributed by atoms with Gasteiger partial charge in [-0.3, -0.25) is 0 Å². The molecule has 0 saturated carbocycles. The first-order chi connectivity index (χ1) is 11.9. The second-order valence-corrected chi connectivity index (χ2v) is 5.58. The molecule has 3 aromatic rings. The van der Waals surface area contributed by atoms with E-state index in [1.54, 1.807) is 18.2 Å². The lowest BCUT2D eigenvalue weighted by Crippen LogP contribution is -2.05. The number of aromatic nitrogens is 3. The fourth-order valence-corrected chi connectivity index (χ4v) is 2.18. The van der Waals surface area contributed by atoms with Gasteiger partial charge in [-0.1, -0.05) is 23.2 Å². The summed E-state index contributed by atoms with van der Waals surface area (Å²) in [6, 6.07) is 6.64. The molecule has 0 amide bonds. The van der Waals surface area contributed by atoms with Gasteiger partial charge in [0, 0.05) is 5.69 Å².